The highest BCUT2D eigenvalue weighted by atomic mass is 16.5. The summed E-state index contributed by atoms with van der Waals surface area (Å²) in [6.07, 6.45) is 2.63. The normalized spacial score (nSPS) is 12.3. The molecule has 1 atom stereocenters. The summed E-state index contributed by atoms with van der Waals surface area (Å²) in [5.41, 5.74) is 7.95. The highest BCUT2D eigenvalue weighted by Crippen LogP contribution is 2.25. The molecule has 2 N–H and O–H groups in total. The number of nitrogens with zero attached hydrogens (tertiary/aromatic N) is 1. The minimum absolute atomic E-state index is 0.144. The molecule has 0 aliphatic rings. The van der Waals surface area contributed by atoms with Crippen molar-refractivity contribution < 1.29 is 4.74 Å². The number of hydrogen-bond acceptors (Lipinski definition) is 3. The number of pyridine rings is 1. The van der Waals surface area contributed by atoms with Crippen LogP contribution in [0.2, 0.25) is 0 Å². The monoisotopic (exact) mass is 278 g/mol. The molecule has 3 nitrogen and oxygen atoms in total. The predicted octanol–water partition coefficient (Wildman–Crippen LogP) is 3.92. The largest absolute Gasteiger partial charge is 0.457 e. The van der Waals surface area contributed by atoms with Gasteiger partial charge in [0.2, 0.25) is 0 Å². The lowest BCUT2D eigenvalue weighted by Crippen LogP contribution is -2.17. The predicted molar refractivity (Wildman–Crippen MR) is 85.6 cm³/mol. The molecule has 0 amide bonds. The van der Waals surface area contributed by atoms with Gasteiger partial charge in [0.05, 0.1) is 5.52 Å². The van der Waals surface area contributed by atoms with Gasteiger partial charge < -0.3 is 10.5 Å². The third-order valence-electron chi connectivity index (χ3n) is 3.27. The Hall–Kier alpha value is -2.39. The van der Waals surface area contributed by atoms with Crippen LogP contribution in [0.4, 0.5) is 0 Å². The molecule has 1 unspecified atom stereocenters. The van der Waals surface area contributed by atoms with Gasteiger partial charge in [-0.25, -0.2) is 0 Å². The Bertz CT molecular complexity index is 753. The molecule has 3 aromatic rings. The summed E-state index contributed by atoms with van der Waals surface area (Å²) >= 11 is 0. The lowest BCUT2D eigenvalue weighted by Gasteiger charge is -2.09. The van der Waals surface area contributed by atoms with Gasteiger partial charge >= 0.3 is 0 Å². The quantitative estimate of drug-likeness (QED) is 0.787. The molecule has 1 heterocycles. The molecular weight excluding hydrogens is 260 g/mol. The van der Waals surface area contributed by atoms with Gasteiger partial charge in [-0.05, 0) is 49.2 Å². The van der Waals surface area contributed by atoms with Gasteiger partial charge in [0.1, 0.15) is 11.5 Å². The van der Waals surface area contributed by atoms with Crippen molar-refractivity contribution in [3.63, 3.8) is 0 Å². The zero-order valence-electron chi connectivity index (χ0n) is 12.0. The van der Waals surface area contributed by atoms with Crippen molar-refractivity contribution in [1.82, 2.24) is 4.98 Å². The van der Waals surface area contributed by atoms with Crippen LogP contribution in [0.3, 0.4) is 0 Å². The van der Waals surface area contributed by atoms with E-state index in [2.05, 4.69) is 11.1 Å². The van der Waals surface area contributed by atoms with Crippen LogP contribution in [0.25, 0.3) is 10.9 Å². The molecule has 0 fully saturated rings. The maximum atomic E-state index is 5.93. The second kappa shape index (κ2) is 5.94. The molecule has 0 saturated heterocycles. The van der Waals surface area contributed by atoms with Crippen LogP contribution in [0.5, 0.6) is 11.5 Å². The van der Waals surface area contributed by atoms with Crippen molar-refractivity contribution >= 4 is 10.9 Å². The van der Waals surface area contributed by atoms with Crippen molar-refractivity contribution in [2.24, 2.45) is 5.73 Å². The van der Waals surface area contributed by atoms with E-state index in [-0.39, 0.29) is 6.04 Å². The molecule has 21 heavy (non-hydrogen) atoms. The third kappa shape index (κ3) is 3.38. The molecule has 2 aromatic carbocycles. The summed E-state index contributed by atoms with van der Waals surface area (Å²) in [5, 5.41) is 1.11. The number of ether oxygens (including phenoxy) is 1. The van der Waals surface area contributed by atoms with Crippen LogP contribution >= 0.6 is 0 Å². The van der Waals surface area contributed by atoms with Crippen molar-refractivity contribution in [2.75, 3.05) is 0 Å². The van der Waals surface area contributed by atoms with Crippen LogP contribution in [0.1, 0.15) is 12.5 Å². The van der Waals surface area contributed by atoms with Gasteiger partial charge in [-0.3, -0.25) is 4.98 Å². The highest BCUT2D eigenvalue weighted by molar-refractivity contribution is 5.79. The van der Waals surface area contributed by atoms with E-state index in [0.717, 1.165) is 28.8 Å². The summed E-state index contributed by atoms with van der Waals surface area (Å²) in [7, 11) is 0. The summed E-state index contributed by atoms with van der Waals surface area (Å²) < 4.78 is 5.93. The molecule has 1 aromatic heterocycles. The van der Waals surface area contributed by atoms with Crippen LogP contribution in [-0.2, 0) is 6.42 Å². The molecule has 106 valence electrons. The molecule has 0 aliphatic heterocycles. The number of aromatic nitrogens is 1. The molecule has 3 rings (SSSR count). The van der Waals surface area contributed by atoms with Crippen molar-refractivity contribution in [2.45, 2.75) is 19.4 Å². The Morgan fingerprint density at radius 3 is 2.76 bits per heavy atom. The molecule has 0 saturated carbocycles. The molecular formula is C18H18N2O. The first-order chi connectivity index (χ1) is 10.2. The van der Waals surface area contributed by atoms with Crippen molar-refractivity contribution in [1.29, 1.82) is 0 Å². The molecule has 0 spiro atoms. The van der Waals surface area contributed by atoms with Gasteiger partial charge in [0.25, 0.3) is 0 Å². The minimum Gasteiger partial charge on any atom is -0.457 e. The second-order valence-corrected chi connectivity index (χ2v) is 5.29. The Labute approximate surface area is 124 Å². The molecule has 0 aliphatic carbocycles. The summed E-state index contributed by atoms with van der Waals surface area (Å²) in [5.74, 6) is 1.61. The molecule has 3 heteroatoms. The lowest BCUT2D eigenvalue weighted by atomic mass is 10.1. The van der Waals surface area contributed by atoms with E-state index in [0.29, 0.717) is 0 Å². The minimum atomic E-state index is 0.144. The van der Waals surface area contributed by atoms with E-state index in [9.17, 15) is 0 Å². The Kier molecular flexibility index (Phi) is 3.84. The first-order valence-corrected chi connectivity index (χ1v) is 7.08. The first kappa shape index (κ1) is 13.6. The van der Waals surface area contributed by atoms with Gasteiger partial charge in [0, 0.05) is 23.7 Å². The standard InChI is InChI=1S/C18H18N2O/c1-13(19)10-14-4-2-6-16(11-14)21-17-8-7-15-5-3-9-20-18(15)12-17/h2-9,11-13H,10,19H2,1H3. The fourth-order valence-corrected chi connectivity index (χ4v) is 2.35. The van der Waals surface area contributed by atoms with Gasteiger partial charge in [-0.1, -0.05) is 18.2 Å². The molecule has 0 radical (unpaired) electrons. The second-order valence-electron chi connectivity index (χ2n) is 5.29. The van der Waals surface area contributed by atoms with Crippen molar-refractivity contribution in [3.8, 4) is 11.5 Å². The Morgan fingerprint density at radius 1 is 1.05 bits per heavy atom. The van der Waals surface area contributed by atoms with Gasteiger partial charge in [-0.2, -0.15) is 0 Å². The number of rotatable bonds is 4. The van der Waals surface area contributed by atoms with Gasteiger partial charge in [0.15, 0.2) is 0 Å². The maximum Gasteiger partial charge on any atom is 0.129 e. The smallest absolute Gasteiger partial charge is 0.129 e. The zero-order valence-corrected chi connectivity index (χ0v) is 12.0. The van der Waals surface area contributed by atoms with Crippen LogP contribution in [0.15, 0.2) is 60.8 Å². The number of hydrogen-bond donors (Lipinski definition) is 1. The van der Waals surface area contributed by atoms with E-state index < -0.39 is 0 Å². The van der Waals surface area contributed by atoms with E-state index in [4.69, 9.17) is 10.5 Å². The molecule has 0 bridgehead atoms. The Morgan fingerprint density at radius 2 is 1.90 bits per heavy atom. The highest BCUT2D eigenvalue weighted by Gasteiger charge is 2.03. The number of nitrogens with two attached hydrogens (primary N) is 1. The van der Waals surface area contributed by atoms with E-state index in [1.54, 1.807) is 6.20 Å². The summed E-state index contributed by atoms with van der Waals surface area (Å²) in [6.45, 7) is 2.00. The Balaban J connectivity index is 1.84. The van der Waals surface area contributed by atoms with Crippen molar-refractivity contribution in [3.05, 3.63) is 66.4 Å². The summed E-state index contributed by atoms with van der Waals surface area (Å²) in [6, 6.07) is 18.1. The third-order valence-corrected chi connectivity index (χ3v) is 3.27. The average molecular weight is 278 g/mol. The fraction of sp³-hybridized carbons (Fsp3) is 0.167. The van der Waals surface area contributed by atoms with Crippen LogP contribution in [-0.4, -0.2) is 11.0 Å². The van der Waals surface area contributed by atoms with Crippen LogP contribution in [0, 0.1) is 0 Å². The lowest BCUT2D eigenvalue weighted by molar-refractivity contribution is 0.482. The topological polar surface area (TPSA) is 48.1 Å². The average Bonchev–Trinajstić information content (AvgIpc) is 2.47. The van der Waals surface area contributed by atoms with E-state index in [1.807, 2.05) is 55.5 Å². The zero-order chi connectivity index (χ0) is 14.7. The first-order valence-electron chi connectivity index (χ1n) is 7.08. The van der Waals surface area contributed by atoms with Gasteiger partial charge in [-0.15, -0.1) is 0 Å². The van der Waals surface area contributed by atoms with E-state index in [1.165, 1.54) is 5.56 Å². The summed E-state index contributed by atoms with van der Waals surface area (Å²) in [4.78, 5) is 4.34. The maximum absolute atomic E-state index is 5.93. The fourth-order valence-electron chi connectivity index (χ4n) is 2.35. The SMILES string of the molecule is CC(N)Cc1cccc(Oc2ccc3cccnc3c2)c1. The number of benzene rings is 2. The van der Waals surface area contributed by atoms with Crippen LogP contribution < -0.4 is 10.5 Å². The van der Waals surface area contributed by atoms with E-state index >= 15 is 0 Å². The number of fused-ring (bicyclic) bond motifs is 1.